The summed E-state index contributed by atoms with van der Waals surface area (Å²) in [5.41, 5.74) is -0.748. The zero-order valence-electron chi connectivity index (χ0n) is 10.4. The van der Waals surface area contributed by atoms with E-state index in [1.165, 1.54) is 6.42 Å². The molecule has 90 valence electrons. The molecule has 2 fully saturated rings. The first-order chi connectivity index (χ1) is 7.33. The Morgan fingerprint density at radius 3 is 2.44 bits per heavy atom. The van der Waals surface area contributed by atoms with Crippen LogP contribution < -0.4 is 5.32 Å². The summed E-state index contributed by atoms with van der Waals surface area (Å²) in [5, 5.41) is 2.76. The second-order valence-corrected chi connectivity index (χ2v) is 5.72. The molecular formula is C12H20N2O2. The Bertz CT molecular complexity index is 338. The highest BCUT2D eigenvalue weighted by molar-refractivity contribution is 5.99. The van der Waals surface area contributed by atoms with Crippen LogP contribution in [0.4, 0.5) is 0 Å². The number of carbonyl (C=O) groups excluding carboxylic acids is 2. The summed E-state index contributed by atoms with van der Waals surface area (Å²) >= 11 is 0. The quantitative estimate of drug-likeness (QED) is 0.753. The lowest BCUT2D eigenvalue weighted by Gasteiger charge is -2.41. The minimum atomic E-state index is -0.748. The molecule has 0 aromatic carbocycles. The van der Waals surface area contributed by atoms with Gasteiger partial charge in [0.05, 0.1) is 0 Å². The van der Waals surface area contributed by atoms with Crippen LogP contribution in [0.15, 0.2) is 0 Å². The molecule has 4 heteroatoms. The van der Waals surface area contributed by atoms with E-state index >= 15 is 0 Å². The molecule has 16 heavy (non-hydrogen) atoms. The summed E-state index contributed by atoms with van der Waals surface area (Å²) in [6.45, 7) is 8.26. The molecule has 0 radical (unpaired) electrons. The van der Waals surface area contributed by atoms with Crippen LogP contribution in [-0.2, 0) is 9.59 Å². The van der Waals surface area contributed by atoms with Gasteiger partial charge in [0.1, 0.15) is 11.6 Å². The van der Waals surface area contributed by atoms with Gasteiger partial charge >= 0.3 is 0 Å². The van der Waals surface area contributed by atoms with Gasteiger partial charge in [-0.05, 0) is 39.0 Å². The van der Waals surface area contributed by atoms with Crippen LogP contribution in [-0.4, -0.2) is 34.8 Å². The van der Waals surface area contributed by atoms with E-state index < -0.39 is 5.54 Å². The highest BCUT2D eigenvalue weighted by atomic mass is 16.2. The largest absolute Gasteiger partial charge is 0.340 e. The van der Waals surface area contributed by atoms with Crippen molar-refractivity contribution in [2.75, 3.05) is 6.54 Å². The molecule has 0 bridgehead atoms. The van der Waals surface area contributed by atoms with E-state index in [0.717, 1.165) is 6.54 Å². The molecule has 1 N–H and O–H groups in total. The summed E-state index contributed by atoms with van der Waals surface area (Å²) in [6, 6.07) is -0.326. The molecule has 3 unspecified atom stereocenters. The predicted octanol–water partition coefficient (Wildman–Crippen LogP) is 0.768. The molecule has 2 aliphatic rings. The number of carbonyl (C=O) groups is 2. The molecule has 1 aliphatic carbocycles. The Hall–Kier alpha value is -1.06. The number of amides is 2. The highest BCUT2D eigenvalue weighted by Gasteiger charge is 2.46. The van der Waals surface area contributed by atoms with Crippen molar-refractivity contribution < 1.29 is 9.59 Å². The van der Waals surface area contributed by atoms with Crippen molar-refractivity contribution in [2.45, 2.75) is 45.7 Å². The average molecular weight is 224 g/mol. The van der Waals surface area contributed by atoms with E-state index in [1.54, 1.807) is 25.7 Å². The first-order valence-corrected chi connectivity index (χ1v) is 5.96. The molecule has 0 spiro atoms. The molecule has 1 heterocycles. The Kier molecular flexibility index (Phi) is 2.48. The lowest BCUT2D eigenvalue weighted by Crippen LogP contribution is -2.67. The van der Waals surface area contributed by atoms with Crippen LogP contribution in [0.5, 0.6) is 0 Å². The van der Waals surface area contributed by atoms with Gasteiger partial charge in [0, 0.05) is 6.54 Å². The van der Waals surface area contributed by atoms with Gasteiger partial charge in [-0.2, -0.15) is 0 Å². The normalized spacial score (nSPS) is 37.2. The Morgan fingerprint density at radius 2 is 1.94 bits per heavy atom. The molecule has 1 saturated heterocycles. The summed E-state index contributed by atoms with van der Waals surface area (Å²) in [7, 11) is 0. The van der Waals surface area contributed by atoms with Gasteiger partial charge in [-0.25, -0.2) is 0 Å². The van der Waals surface area contributed by atoms with Crippen LogP contribution in [0, 0.1) is 11.8 Å². The molecule has 0 aromatic rings. The van der Waals surface area contributed by atoms with Crippen LogP contribution >= 0.6 is 0 Å². The zero-order valence-corrected chi connectivity index (χ0v) is 10.4. The summed E-state index contributed by atoms with van der Waals surface area (Å²) < 4.78 is 0. The van der Waals surface area contributed by atoms with Gasteiger partial charge in [-0.1, -0.05) is 6.92 Å². The van der Waals surface area contributed by atoms with Crippen molar-refractivity contribution >= 4 is 11.8 Å². The Labute approximate surface area is 96.4 Å². The van der Waals surface area contributed by atoms with Crippen molar-refractivity contribution in [2.24, 2.45) is 11.8 Å². The fraction of sp³-hybridized carbons (Fsp3) is 0.833. The lowest BCUT2D eigenvalue weighted by molar-refractivity contribution is -0.153. The topological polar surface area (TPSA) is 49.4 Å². The maximum absolute atomic E-state index is 12.2. The third kappa shape index (κ3) is 1.81. The van der Waals surface area contributed by atoms with Crippen LogP contribution in [0.3, 0.4) is 0 Å². The number of hydrogen-bond acceptors (Lipinski definition) is 2. The van der Waals surface area contributed by atoms with Gasteiger partial charge in [-0.3, -0.25) is 9.59 Å². The molecule has 2 rings (SSSR count). The first kappa shape index (κ1) is 11.4. The molecular weight excluding hydrogens is 204 g/mol. The van der Waals surface area contributed by atoms with Gasteiger partial charge in [0.25, 0.3) is 0 Å². The Balaban J connectivity index is 2.13. The van der Waals surface area contributed by atoms with Gasteiger partial charge < -0.3 is 10.2 Å². The fourth-order valence-electron chi connectivity index (χ4n) is 2.29. The summed E-state index contributed by atoms with van der Waals surface area (Å²) in [6.07, 6.45) is 1.18. The van der Waals surface area contributed by atoms with E-state index in [0.29, 0.717) is 11.8 Å². The fourth-order valence-corrected chi connectivity index (χ4v) is 2.29. The third-order valence-electron chi connectivity index (χ3n) is 3.79. The minimum Gasteiger partial charge on any atom is -0.340 e. The first-order valence-electron chi connectivity index (χ1n) is 5.96. The molecule has 1 saturated carbocycles. The van der Waals surface area contributed by atoms with Crippen molar-refractivity contribution in [3.63, 3.8) is 0 Å². The second-order valence-electron chi connectivity index (χ2n) is 5.72. The maximum Gasteiger partial charge on any atom is 0.248 e. The van der Waals surface area contributed by atoms with Crippen LogP contribution in [0.1, 0.15) is 34.1 Å². The van der Waals surface area contributed by atoms with Crippen LogP contribution in [0.2, 0.25) is 0 Å². The molecule has 0 aromatic heterocycles. The minimum absolute atomic E-state index is 0.0405. The molecule has 1 aliphatic heterocycles. The van der Waals surface area contributed by atoms with E-state index in [2.05, 4.69) is 12.2 Å². The lowest BCUT2D eigenvalue weighted by atomic mass is 9.97. The predicted molar refractivity (Wildman–Crippen MR) is 60.7 cm³/mol. The SMILES string of the molecule is CC1CC1CN1C(=O)C(C)(C)NC(=O)C1C. The van der Waals surface area contributed by atoms with Crippen molar-refractivity contribution in [1.82, 2.24) is 10.2 Å². The van der Waals surface area contributed by atoms with Crippen LogP contribution in [0.25, 0.3) is 0 Å². The third-order valence-corrected chi connectivity index (χ3v) is 3.79. The van der Waals surface area contributed by atoms with Gasteiger partial charge in [0.2, 0.25) is 11.8 Å². The zero-order chi connectivity index (χ0) is 12.1. The number of rotatable bonds is 2. The molecule has 4 nitrogen and oxygen atoms in total. The molecule has 3 atom stereocenters. The van der Waals surface area contributed by atoms with E-state index in [4.69, 9.17) is 0 Å². The Morgan fingerprint density at radius 1 is 1.38 bits per heavy atom. The van der Waals surface area contributed by atoms with Crippen molar-refractivity contribution in [3.05, 3.63) is 0 Å². The monoisotopic (exact) mass is 224 g/mol. The van der Waals surface area contributed by atoms with E-state index in [1.807, 2.05) is 0 Å². The molecule has 2 amide bonds. The standard InChI is InChI=1S/C12H20N2O2/c1-7-5-9(7)6-14-8(2)10(15)13-12(3,4)11(14)16/h7-9H,5-6H2,1-4H3,(H,13,15). The summed E-state index contributed by atoms with van der Waals surface area (Å²) in [4.78, 5) is 25.7. The number of nitrogens with zero attached hydrogens (tertiary/aromatic N) is 1. The van der Waals surface area contributed by atoms with E-state index in [-0.39, 0.29) is 17.9 Å². The smallest absolute Gasteiger partial charge is 0.248 e. The van der Waals surface area contributed by atoms with Crippen molar-refractivity contribution in [3.8, 4) is 0 Å². The van der Waals surface area contributed by atoms with Crippen molar-refractivity contribution in [1.29, 1.82) is 0 Å². The second kappa shape index (κ2) is 3.47. The van der Waals surface area contributed by atoms with Gasteiger partial charge in [-0.15, -0.1) is 0 Å². The summed E-state index contributed by atoms with van der Waals surface area (Å²) in [5.74, 6) is 1.29. The number of nitrogens with one attached hydrogen (secondary N) is 1. The number of hydrogen-bond donors (Lipinski definition) is 1. The maximum atomic E-state index is 12.2. The van der Waals surface area contributed by atoms with E-state index in [9.17, 15) is 9.59 Å². The van der Waals surface area contributed by atoms with Gasteiger partial charge in [0.15, 0.2) is 0 Å². The number of piperazine rings is 1. The highest BCUT2D eigenvalue weighted by Crippen LogP contribution is 2.39. The average Bonchev–Trinajstić information content (AvgIpc) is 2.86.